The zero-order valence-electron chi connectivity index (χ0n) is 11.3. The summed E-state index contributed by atoms with van der Waals surface area (Å²) < 4.78 is 5.33. The van der Waals surface area contributed by atoms with Crippen LogP contribution in [-0.2, 0) is 9.53 Å². The van der Waals surface area contributed by atoms with E-state index < -0.39 is 5.60 Å². The Morgan fingerprint density at radius 2 is 2.18 bits per heavy atom. The fourth-order valence-corrected chi connectivity index (χ4v) is 2.25. The van der Waals surface area contributed by atoms with Gasteiger partial charge in [-0.25, -0.2) is 4.79 Å². The van der Waals surface area contributed by atoms with E-state index in [0.29, 0.717) is 5.92 Å². The van der Waals surface area contributed by atoms with Gasteiger partial charge >= 0.3 is 5.97 Å². The Balaban J connectivity index is 2.66. The van der Waals surface area contributed by atoms with Crippen LogP contribution < -0.4 is 0 Å². The number of ether oxygens (including phenoxy) is 1. The van der Waals surface area contributed by atoms with Gasteiger partial charge in [0.1, 0.15) is 5.60 Å². The third kappa shape index (κ3) is 5.20. The number of hydrogen-bond donors (Lipinski definition) is 0. The summed E-state index contributed by atoms with van der Waals surface area (Å²) in [6, 6.07) is 0. The lowest BCUT2D eigenvalue weighted by molar-refractivity contribution is -0.148. The molecule has 0 saturated heterocycles. The van der Waals surface area contributed by atoms with Gasteiger partial charge in [0, 0.05) is 6.08 Å². The smallest absolute Gasteiger partial charge is 0.331 e. The minimum Gasteiger partial charge on any atom is -0.457 e. The molecule has 17 heavy (non-hydrogen) atoms. The van der Waals surface area contributed by atoms with Crippen LogP contribution in [0.15, 0.2) is 24.3 Å². The van der Waals surface area contributed by atoms with Crippen LogP contribution in [0.4, 0.5) is 0 Å². The normalized spacial score (nSPS) is 23.5. The number of carbonyl (C=O) groups excluding carboxylic acids is 1. The minimum absolute atomic E-state index is 0.205. The van der Waals surface area contributed by atoms with Crippen molar-refractivity contribution in [3.8, 4) is 0 Å². The Hall–Kier alpha value is -1.05. The monoisotopic (exact) mass is 236 g/mol. The first-order valence-corrected chi connectivity index (χ1v) is 6.46. The van der Waals surface area contributed by atoms with Gasteiger partial charge in [-0.05, 0) is 52.4 Å². The summed E-state index contributed by atoms with van der Waals surface area (Å²) in [4.78, 5) is 11.8. The van der Waals surface area contributed by atoms with Crippen LogP contribution in [0.2, 0.25) is 0 Å². The topological polar surface area (TPSA) is 26.3 Å². The van der Waals surface area contributed by atoms with Crippen LogP contribution in [0.3, 0.4) is 0 Å². The molecule has 0 heterocycles. The summed E-state index contributed by atoms with van der Waals surface area (Å²) >= 11 is 0. The van der Waals surface area contributed by atoms with Crippen LogP contribution >= 0.6 is 0 Å². The third-order valence-electron chi connectivity index (χ3n) is 2.95. The highest BCUT2D eigenvalue weighted by Crippen LogP contribution is 2.32. The van der Waals surface area contributed by atoms with Gasteiger partial charge in [0.05, 0.1) is 0 Å². The number of rotatable bonds is 3. The van der Waals surface area contributed by atoms with E-state index in [1.165, 1.54) is 24.8 Å². The van der Waals surface area contributed by atoms with Gasteiger partial charge in [-0.3, -0.25) is 0 Å². The molecule has 2 nitrogen and oxygen atoms in total. The quantitative estimate of drug-likeness (QED) is 0.420. The lowest BCUT2D eigenvalue weighted by Gasteiger charge is -2.25. The number of esters is 1. The molecule has 0 aromatic heterocycles. The lowest BCUT2D eigenvalue weighted by atomic mass is 9.82. The third-order valence-corrected chi connectivity index (χ3v) is 2.95. The van der Waals surface area contributed by atoms with Gasteiger partial charge in [0.15, 0.2) is 0 Å². The molecule has 0 aromatic rings. The van der Waals surface area contributed by atoms with Crippen molar-refractivity contribution in [2.24, 2.45) is 5.92 Å². The average Bonchev–Trinajstić information content (AvgIpc) is 2.18. The first-order valence-electron chi connectivity index (χ1n) is 6.46. The second-order valence-corrected chi connectivity index (χ2v) is 5.72. The molecule has 1 saturated carbocycles. The molecule has 0 radical (unpaired) electrons. The lowest BCUT2D eigenvalue weighted by Crippen LogP contribution is -2.23. The standard InChI is InChI=1S/C15H24O2/c1-5-8-12-9-6-7-10-13(12)11-14(16)17-15(2,3)4/h5,11-12H,1,6-10H2,2-4H3. The van der Waals surface area contributed by atoms with Crippen molar-refractivity contribution >= 4 is 5.97 Å². The SMILES string of the molecule is C=CCC1CCCCC1=CC(=O)OC(C)(C)C. The highest BCUT2D eigenvalue weighted by atomic mass is 16.6. The minimum atomic E-state index is -0.406. The van der Waals surface area contributed by atoms with Crippen LogP contribution in [-0.4, -0.2) is 11.6 Å². The zero-order valence-corrected chi connectivity index (χ0v) is 11.3. The van der Waals surface area contributed by atoms with E-state index in [4.69, 9.17) is 4.74 Å². The van der Waals surface area contributed by atoms with Crippen molar-refractivity contribution < 1.29 is 9.53 Å². The maximum atomic E-state index is 11.8. The maximum Gasteiger partial charge on any atom is 0.331 e. The Morgan fingerprint density at radius 3 is 2.76 bits per heavy atom. The molecule has 2 heteroatoms. The molecular weight excluding hydrogens is 212 g/mol. The summed E-state index contributed by atoms with van der Waals surface area (Å²) in [5.41, 5.74) is 0.835. The highest BCUT2D eigenvalue weighted by Gasteiger charge is 2.20. The van der Waals surface area contributed by atoms with Crippen LogP contribution in [0, 0.1) is 5.92 Å². The molecule has 0 spiro atoms. The molecule has 0 amide bonds. The first kappa shape index (κ1) is 14.0. The molecule has 1 unspecified atom stereocenters. The Bertz CT molecular complexity index is 307. The second-order valence-electron chi connectivity index (χ2n) is 5.72. The van der Waals surface area contributed by atoms with Gasteiger partial charge in [-0.15, -0.1) is 6.58 Å². The molecule has 0 bridgehead atoms. The van der Waals surface area contributed by atoms with Gasteiger partial charge in [-0.2, -0.15) is 0 Å². The second kappa shape index (κ2) is 6.04. The summed E-state index contributed by atoms with van der Waals surface area (Å²) in [6.07, 6.45) is 9.25. The van der Waals surface area contributed by atoms with Crippen molar-refractivity contribution in [2.45, 2.75) is 58.5 Å². The molecule has 0 N–H and O–H groups in total. The highest BCUT2D eigenvalue weighted by molar-refractivity contribution is 5.83. The van der Waals surface area contributed by atoms with Crippen molar-refractivity contribution in [1.29, 1.82) is 0 Å². The van der Waals surface area contributed by atoms with Gasteiger partial charge in [-0.1, -0.05) is 18.1 Å². The molecule has 96 valence electrons. The molecular formula is C15H24O2. The van der Waals surface area contributed by atoms with Crippen molar-refractivity contribution in [2.75, 3.05) is 0 Å². The predicted molar refractivity (Wildman–Crippen MR) is 70.7 cm³/mol. The van der Waals surface area contributed by atoms with Gasteiger partial charge < -0.3 is 4.74 Å². The van der Waals surface area contributed by atoms with Crippen LogP contribution in [0.1, 0.15) is 52.9 Å². The Labute approximate surface area is 105 Å². The first-order chi connectivity index (χ1) is 7.92. The average molecular weight is 236 g/mol. The van der Waals surface area contributed by atoms with Crippen LogP contribution in [0.5, 0.6) is 0 Å². The largest absolute Gasteiger partial charge is 0.457 e. The molecule has 1 fully saturated rings. The molecule has 1 atom stereocenters. The van der Waals surface area contributed by atoms with Gasteiger partial charge in [0.2, 0.25) is 0 Å². The van der Waals surface area contributed by atoms with E-state index in [1.54, 1.807) is 6.08 Å². The van der Waals surface area contributed by atoms with Crippen LogP contribution in [0.25, 0.3) is 0 Å². The van der Waals surface area contributed by atoms with E-state index in [1.807, 2.05) is 26.8 Å². The number of allylic oxidation sites excluding steroid dienone is 2. The fraction of sp³-hybridized carbons (Fsp3) is 0.667. The number of carbonyl (C=O) groups is 1. The molecule has 0 aliphatic heterocycles. The number of hydrogen-bond acceptors (Lipinski definition) is 2. The van der Waals surface area contributed by atoms with Crippen molar-refractivity contribution in [3.63, 3.8) is 0 Å². The van der Waals surface area contributed by atoms with Gasteiger partial charge in [0.25, 0.3) is 0 Å². The summed E-state index contributed by atoms with van der Waals surface area (Å²) in [7, 11) is 0. The zero-order chi connectivity index (χ0) is 12.9. The molecule has 1 aliphatic carbocycles. The molecule has 0 aromatic carbocycles. The van der Waals surface area contributed by atoms with Crippen molar-refractivity contribution in [3.05, 3.63) is 24.3 Å². The summed E-state index contributed by atoms with van der Waals surface area (Å²) in [5.74, 6) is 0.289. The summed E-state index contributed by atoms with van der Waals surface area (Å²) in [5, 5.41) is 0. The van der Waals surface area contributed by atoms with E-state index in [2.05, 4.69) is 6.58 Å². The van der Waals surface area contributed by atoms with E-state index in [9.17, 15) is 4.79 Å². The molecule has 1 rings (SSSR count). The fourth-order valence-electron chi connectivity index (χ4n) is 2.25. The predicted octanol–water partition coefficient (Wildman–Crippen LogP) is 4.02. The maximum absolute atomic E-state index is 11.8. The molecule has 1 aliphatic rings. The van der Waals surface area contributed by atoms with Crippen molar-refractivity contribution in [1.82, 2.24) is 0 Å². The van der Waals surface area contributed by atoms with E-state index in [0.717, 1.165) is 12.8 Å². The Morgan fingerprint density at radius 1 is 1.47 bits per heavy atom. The van der Waals surface area contributed by atoms with E-state index in [-0.39, 0.29) is 5.97 Å². The Kier molecular flexibility index (Phi) is 4.98. The van der Waals surface area contributed by atoms with E-state index >= 15 is 0 Å². The summed E-state index contributed by atoms with van der Waals surface area (Å²) in [6.45, 7) is 9.47.